The molecule has 8 nitrogen and oxygen atoms in total. The number of aromatic nitrogens is 1. The van der Waals surface area contributed by atoms with Crippen molar-refractivity contribution in [2.24, 2.45) is 0 Å². The quantitative estimate of drug-likeness (QED) is 0.224. The normalized spacial score (nSPS) is 15.2. The minimum atomic E-state index is -0.513. The van der Waals surface area contributed by atoms with Gasteiger partial charge in [0.1, 0.15) is 5.76 Å². The number of rotatable bonds is 12. The van der Waals surface area contributed by atoms with Crippen molar-refractivity contribution < 1.29 is 28.3 Å². The minimum absolute atomic E-state index is 0.00511. The summed E-state index contributed by atoms with van der Waals surface area (Å²) in [4.78, 5) is 55.1. The van der Waals surface area contributed by atoms with E-state index in [1.54, 1.807) is 19.1 Å². The van der Waals surface area contributed by atoms with Crippen LogP contribution in [0.2, 0.25) is 0 Å². The molecule has 4 rings (SSSR count). The molecule has 1 aliphatic rings. The monoisotopic (exact) mass is 534 g/mol. The van der Waals surface area contributed by atoms with Gasteiger partial charge in [0.25, 0.3) is 5.24 Å². The molecule has 1 aromatic heterocycles. The highest BCUT2D eigenvalue weighted by Gasteiger charge is 2.39. The van der Waals surface area contributed by atoms with Crippen LogP contribution in [0.25, 0.3) is 11.5 Å². The molecule has 3 aromatic rings. The first kappa shape index (κ1) is 27.3. The van der Waals surface area contributed by atoms with E-state index in [0.717, 1.165) is 28.6 Å². The van der Waals surface area contributed by atoms with E-state index >= 15 is 0 Å². The second-order valence-corrected chi connectivity index (χ2v) is 10.1. The maximum Gasteiger partial charge on any atom is 0.305 e. The number of ketones is 1. The summed E-state index contributed by atoms with van der Waals surface area (Å²) in [5.74, 6) is 0.662. The Bertz CT molecular complexity index is 1300. The number of esters is 1. The fourth-order valence-corrected chi connectivity index (χ4v) is 5.28. The molecule has 2 aromatic carbocycles. The lowest BCUT2D eigenvalue weighted by molar-refractivity contribution is -0.143. The first-order valence-electron chi connectivity index (χ1n) is 12.7. The molecular formula is C29H30N2O6S. The van der Waals surface area contributed by atoms with Gasteiger partial charge in [-0.1, -0.05) is 54.2 Å². The number of carbonyl (C=O) groups excluding carboxylic acids is 4. The maximum absolute atomic E-state index is 12.8. The summed E-state index contributed by atoms with van der Waals surface area (Å²) in [6.45, 7) is 4.09. The molecule has 9 heteroatoms. The number of carbonyl (C=O) groups is 4. The van der Waals surface area contributed by atoms with E-state index in [2.05, 4.69) is 4.98 Å². The minimum Gasteiger partial charge on any atom is -0.466 e. The zero-order chi connectivity index (χ0) is 27.1. The number of benzene rings is 2. The van der Waals surface area contributed by atoms with Crippen LogP contribution < -0.4 is 0 Å². The van der Waals surface area contributed by atoms with Crippen LogP contribution in [0.4, 0.5) is 4.79 Å². The zero-order valence-corrected chi connectivity index (χ0v) is 22.3. The van der Waals surface area contributed by atoms with Gasteiger partial charge in [0.05, 0.1) is 17.6 Å². The number of oxazole rings is 1. The summed E-state index contributed by atoms with van der Waals surface area (Å²) in [7, 11) is 0. The molecule has 0 spiro atoms. The molecule has 0 saturated carbocycles. The van der Waals surface area contributed by atoms with E-state index in [1.807, 2.05) is 49.4 Å². The number of hydrogen-bond donors (Lipinski definition) is 0. The molecule has 1 fully saturated rings. The van der Waals surface area contributed by atoms with E-state index in [9.17, 15) is 19.2 Å². The molecular weight excluding hydrogens is 504 g/mol. The molecule has 1 unspecified atom stereocenters. The highest BCUT2D eigenvalue weighted by Crippen LogP contribution is 2.30. The van der Waals surface area contributed by atoms with Crippen LogP contribution >= 0.6 is 11.8 Å². The second kappa shape index (κ2) is 12.7. The summed E-state index contributed by atoms with van der Waals surface area (Å²) in [6.07, 6.45) is 1.71. The Morgan fingerprint density at radius 3 is 2.50 bits per heavy atom. The van der Waals surface area contributed by atoms with Gasteiger partial charge in [-0.15, -0.1) is 0 Å². The van der Waals surface area contributed by atoms with Gasteiger partial charge < -0.3 is 9.15 Å². The van der Waals surface area contributed by atoms with Crippen LogP contribution in [0.1, 0.15) is 53.6 Å². The third-order valence-corrected chi connectivity index (χ3v) is 7.35. The molecule has 198 valence electrons. The highest BCUT2D eigenvalue weighted by molar-refractivity contribution is 8.15. The second-order valence-electron chi connectivity index (χ2n) is 8.98. The highest BCUT2D eigenvalue weighted by atomic mass is 32.2. The largest absolute Gasteiger partial charge is 0.466 e. The maximum atomic E-state index is 12.8. The summed E-state index contributed by atoms with van der Waals surface area (Å²) in [5, 5.41) is -0.810. The average molecular weight is 535 g/mol. The van der Waals surface area contributed by atoms with Gasteiger partial charge in [0.2, 0.25) is 11.8 Å². The number of Topliss-reactive ketones (excluding diaryl/α,β-unsaturated/α-hetero) is 1. The van der Waals surface area contributed by atoms with Crippen LogP contribution in [0.15, 0.2) is 59.0 Å². The van der Waals surface area contributed by atoms with E-state index in [-0.39, 0.29) is 35.9 Å². The number of aryl methyl sites for hydroxylation is 2. The Kier molecular flexibility index (Phi) is 9.12. The standard InChI is InChI=1S/C29H30N2O6S/c1-3-36-26(33)10-7-17-31-28(34)25(38-29(31)35)18-20-11-13-21(14-12-20)24(32)16-15-23-19(2)37-27(30-23)22-8-5-4-6-9-22/h4-6,8-9,11-14,25H,3,7,10,15-18H2,1-2H3. The van der Waals surface area contributed by atoms with E-state index in [0.29, 0.717) is 49.5 Å². The Hall–Kier alpha value is -3.72. The van der Waals surface area contributed by atoms with Crippen LogP contribution in [0.5, 0.6) is 0 Å². The molecule has 38 heavy (non-hydrogen) atoms. The number of amides is 2. The topological polar surface area (TPSA) is 107 Å². The van der Waals surface area contributed by atoms with E-state index in [4.69, 9.17) is 9.15 Å². The average Bonchev–Trinajstić information content (AvgIpc) is 3.42. The number of nitrogens with zero attached hydrogens (tertiary/aromatic N) is 2. The van der Waals surface area contributed by atoms with Gasteiger partial charge in [0, 0.05) is 36.9 Å². The zero-order valence-electron chi connectivity index (χ0n) is 21.5. The Labute approximate surface area is 225 Å². The van der Waals surface area contributed by atoms with Gasteiger partial charge in [-0.2, -0.15) is 0 Å². The van der Waals surface area contributed by atoms with Crippen molar-refractivity contribution in [1.82, 2.24) is 9.88 Å². The third kappa shape index (κ3) is 6.77. The predicted octanol–water partition coefficient (Wildman–Crippen LogP) is 5.42. The molecule has 1 atom stereocenters. The van der Waals surface area contributed by atoms with Crippen molar-refractivity contribution in [2.45, 2.75) is 51.2 Å². The molecule has 2 amide bonds. The van der Waals surface area contributed by atoms with Gasteiger partial charge in [-0.05, 0) is 44.4 Å². The van der Waals surface area contributed by atoms with E-state index < -0.39 is 5.25 Å². The van der Waals surface area contributed by atoms with Crippen molar-refractivity contribution in [3.63, 3.8) is 0 Å². The van der Waals surface area contributed by atoms with Crippen molar-refractivity contribution in [2.75, 3.05) is 13.2 Å². The number of thioether (sulfide) groups is 1. The third-order valence-electron chi connectivity index (χ3n) is 6.27. The first-order chi connectivity index (χ1) is 18.4. The lowest BCUT2D eigenvalue weighted by atomic mass is 10.0. The van der Waals surface area contributed by atoms with E-state index in [1.165, 1.54) is 4.90 Å². The molecule has 0 bridgehead atoms. The molecule has 1 saturated heterocycles. The summed E-state index contributed by atoms with van der Waals surface area (Å²) in [5.41, 5.74) is 3.11. The fourth-order valence-electron chi connectivity index (χ4n) is 4.23. The van der Waals surface area contributed by atoms with Crippen LogP contribution in [0, 0.1) is 6.92 Å². The predicted molar refractivity (Wildman–Crippen MR) is 144 cm³/mol. The number of imide groups is 1. The summed E-state index contributed by atoms with van der Waals surface area (Å²) >= 11 is 1.00. The first-order valence-corrected chi connectivity index (χ1v) is 13.5. The Morgan fingerprint density at radius 1 is 1.05 bits per heavy atom. The molecule has 0 aliphatic carbocycles. The van der Waals surface area contributed by atoms with Gasteiger partial charge in [0.15, 0.2) is 5.78 Å². The van der Waals surface area contributed by atoms with Crippen LogP contribution in [-0.4, -0.2) is 51.2 Å². The molecule has 0 N–H and O–H groups in total. The van der Waals surface area contributed by atoms with Gasteiger partial charge in [-0.25, -0.2) is 4.98 Å². The van der Waals surface area contributed by atoms with Crippen molar-refractivity contribution in [3.05, 3.63) is 77.2 Å². The number of hydrogen-bond acceptors (Lipinski definition) is 8. The van der Waals surface area contributed by atoms with Gasteiger partial charge in [-0.3, -0.25) is 24.1 Å². The Balaban J connectivity index is 1.28. The molecule has 0 radical (unpaired) electrons. The summed E-state index contributed by atoms with van der Waals surface area (Å²) < 4.78 is 10.7. The van der Waals surface area contributed by atoms with Crippen LogP contribution in [0.3, 0.4) is 0 Å². The van der Waals surface area contributed by atoms with Crippen LogP contribution in [-0.2, 0) is 27.2 Å². The smallest absolute Gasteiger partial charge is 0.305 e. The van der Waals surface area contributed by atoms with Crippen molar-refractivity contribution in [1.29, 1.82) is 0 Å². The fraction of sp³-hybridized carbons (Fsp3) is 0.345. The van der Waals surface area contributed by atoms with Crippen molar-refractivity contribution >= 4 is 34.7 Å². The van der Waals surface area contributed by atoms with Gasteiger partial charge >= 0.3 is 5.97 Å². The number of ether oxygens (including phenoxy) is 1. The lowest BCUT2D eigenvalue weighted by Crippen LogP contribution is -2.33. The molecule has 2 heterocycles. The lowest BCUT2D eigenvalue weighted by Gasteiger charge is -2.13. The SMILES string of the molecule is CCOC(=O)CCCN1C(=O)SC(Cc2ccc(C(=O)CCc3nc(-c4ccccc4)oc3C)cc2)C1=O. The van der Waals surface area contributed by atoms with Crippen molar-refractivity contribution in [3.8, 4) is 11.5 Å². The molecule has 1 aliphatic heterocycles. The Morgan fingerprint density at radius 2 is 1.79 bits per heavy atom. The summed E-state index contributed by atoms with van der Waals surface area (Å²) in [6, 6.07) is 16.8.